The predicted octanol–water partition coefficient (Wildman–Crippen LogP) is 5.33. The second kappa shape index (κ2) is 13.4. The lowest BCUT2D eigenvalue weighted by Crippen LogP contribution is -2.65. The van der Waals surface area contributed by atoms with Gasteiger partial charge < -0.3 is 14.9 Å². The number of hydrogen-bond acceptors (Lipinski definition) is 7. The van der Waals surface area contributed by atoms with E-state index in [2.05, 4.69) is 38.0 Å². The largest absolute Gasteiger partial charge is 0.458 e. The maximum Gasteiger partial charge on any atom is 0.303 e. The lowest BCUT2D eigenvalue weighted by molar-refractivity contribution is -0.234. The summed E-state index contributed by atoms with van der Waals surface area (Å²) in [6, 6.07) is 0. The number of aliphatic hydroxyl groups excluding tert-OH is 2. The van der Waals surface area contributed by atoms with E-state index in [1.165, 1.54) is 6.92 Å². The van der Waals surface area contributed by atoms with E-state index in [1.54, 1.807) is 0 Å². The normalized spacial score (nSPS) is 40.4. The first-order chi connectivity index (χ1) is 20.9. The van der Waals surface area contributed by atoms with E-state index in [0.717, 1.165) is 36.8 Å². The molecule has 4 rings (SSSR count). The van der Waals surface area contributed by atoms with Crippen molar-refractivity contribution in [3.63, 3.8) is 0 Å². The van der Waals surface area contributed by atoms with Gasteiger partial charge in [0, 0.05) is 12.5 Å². The van der Waals surface area contributed by atoms with Gasteiger partial charge in [0.15, 0.2) is 0 Å². The van der Waals surface area contributed by atoms with Crippen molar-refractivity contribution in [2.45, 2.75) is 138 Å². The zero-order valence-corrected chi connectivity index (χ0v) is 29.6. The van der Waals surface area contributed by atoms with E-state index < -0.39 is 34.1 Å². The number of ether oxygens (including phenoxy) is 1. The molecular formula is C35H58N2O7S. The van der Waals surface area contributed by atoms with Crippen LogP contribution in [-0.4, -0.2) is 54.6 Å². The highest BCUT2D eigenvalue weighted by molar-refractivity contribution is 7.89. The molecule has 4 aliphatic carbocycles. The van der Waals surface area contributed by atoms with Crippen molar-refractivity contribution in [1.29, 1.82) is 0 Å². The maximum absolute atomic E-state index is 13.9. The minimum Gasteiger partial charge on any atom is -0.458 e. The van der Waals surface area contributed by atoms with Gasteiger partial charge in [-0.25, -0.2) is 8.42 Å². The minimum atomic E-state index is -3.72. The molecule has 0 radical (unpaired) electrons. The van der Waals surface area contributed by atoms with Crippen molar-refractivity contribution in [2.75, 3.05) is 5.75 Å². The molecule has 4 saturated carbocycles. The van der Waals surface area contributed by atoms with Gasteiger partial charge in [-0.05, 0) is 117 Å². The molecule has 0 aliphatic heterocycles. The van der Waals surface area contributed by atoms with Gasteiger partial charge in [-0.2, -0.15) is 0 Å². The predicted molar refractivity (Wildman–Crippen MR) is 175 cm³/mol. The maximum atomic E-state index is 13.9. The molecule has 9 nitrogen and oxygen atoms in total. The molecule has 4 fully saturated rings. The number of fused-ring (bicyclic) bond motifs is 5. The Bertz CT molecular complexity index is 1310. The van der Waals surface area contributed by atoms with Crippen LogP contribution in [0.15, 0.2) is 22.8 Å². The van der Waals surface area contributed by atoms with Crippen LogP contribution in [0.5, 0.6) is 0 Å². The van der Waals surface area contributed by atoms with E-state index >= 15 is 0 Å². The van der Waals surface area contributed by atoms with E-state index in [9.17, 15) is 28.2 Å². The number of hydrogen-bond donors (Lipinski definition) is 4. The Labute approximate surface area is 271 Å². The average molecular weight is 651 g/mol. The number of carbonyl (C=O) groups excluding carboxylic acids is 2. The van der Waals surface area contributed by atoms with Gasteiger partial charge in [-0.3, -0.25) is 15.0 Å². The van der Waals surface area contributed by atoms with Crippen LogP contribution in [0.3, 0.4) is 0 Å². The summed E-state index contributed by atoms with van der Waals surface area (Å²) in [4.78, 5) is 28.7. The Morgan fingerprint density at radius 1 is 1.04 bits per heavy atom. The molecule has 0 heterocycles. The molecule has 10 heteroatoms. The summed E-state index contributed by atoms with van der Waals surface area (Å²) in [5.41, 5.74) is 3.88. The Kier molecular flexibility index (Phi) is 10.7. The van der Waals surface area contributed by atoms with Gasteiger partial charge in [-0.1, -0.05) is 52.7 Å². The van der Waals surface area contributed by atoms with Gasteiger partial charge in [0.25, 0.3) is 5.91 Å². The molecule has 0 bridgehead atoms. The van der Waals surface area contributed by atoms with Gasteiger partial charge in [0.1, 0.15) is 6.10 Å². The number of allylic oxidation sites excluding steroid dienone is 2. The second-order valence-corrected chi connectivity index (χ2v) is 17.4. The Balaban J connectivity index is 1.80. The number of unbranched alkanes of at least 4 members (excludes halogenated alkanes) is 1. The number of rotatable bonds is 10. The fraction of sp³-hybridized carbons (Fsp3) is 0.829. The molecule has 0 saturated heterocycles. The van der Waals surface area contributed by atoms with Gasteiger partial charge in [0.2, 0.25) is 10.0 Å². The second-order valence-electron chi connectivity index (χ2n) is 15.6. The smallest absolute Gasteiger partial charge is 0.303 e. The molecule has 0 aromatic rings. The van der Waals surface area contributed by atoms with E-state index in [0.29, 0.717) is 50.0 Å². The van der Waals surface area contributed by atoms with E-state index in [4.69, 9.17) is 4.74 Å². The summed E-state index contributed by atoms with van der Waals surface area (Å²) in [5.74, 6) is -0.838. The zero-order chi connectivity index (χ0) is 33.5. The molecule has 10 atom stereocenters. The topological polar surface area (TPSA) is 142 Å². The fourth-order valence-electron chi connectivity index (χ4n) is 10.4. The summed E-state index contributed by atoms with van der Waals surface area (Å²) < 4.78 is 31.2. The monoisotopic (exact) mass is 650 g/mol. The molecule has 4 N–H and O–H groups in total. The van der Waals surface area contributed by atoms with Crippen LogP contribution in [0.4, 0.5) is 0 Å². The first kappa shape index (κ1) is 36.1. The van der Waals surface area contributed by atoms with E-state index in [1.807, 2.05) is 26.8 Å². The molecule has 1 unspecified atom stereocenters. The van der Waals surface area contributed by atoms with Crippen LogP contribution in [0, 0.1) is 39.9 Å². The SMILES string of the molecule is CCCCS(=O)(=O)NNC(=O)/C(CCC=C(C)C)=C1\[C@@H](OC(C)=O)C[C@@]2(C)[C@H]1C[C@@H](O)C1[C@]2(C)CC[C@H]2[C@H](C)[C@H](O)CC[C@]12C. The molecule has 45 heavy (non-hydrogen) atoms. The summed E-state index contributed by atoms with van der Waals surface area (Å²) in [7, 11) is -3.72. The van der Waals surface area contributed by atoms with Crippen molar-refractivity contribution in [3.05, 3.63) is 22.8 Å². The third kappa shape index (κ3) is 6.68. The van der Waals surface area contributed by atoms with Crippen LogP contribution in [0.1, 0.15) is 120 Å². The number of amides is 1. The molecule has 1 amide bonds. The first-order valence-electron chi connectivity index (χ1n) is 17.1. The van der Waals surface area contributed by atoms with Crippen molar-refractivity contribution < 1.29 is 33.0 Å². The zero-order valence-electron chi connectivity index (χ0n) is 28.7. The van der Waals surface area contributed by atoms with Crippen LogP contribution in [-0.2, 0) is 24.3 Å². The molecule has 256 valence electrons. The average Bonchev–Trinajstić information content (AvgIpc) is 3.22. The third-order valence-corrected chi connectivity index (χ3v) is 13.9. The third-order valence-electron chi connectivity index (χ3n) is 12.7. The van der Waals surface area contributed by atoms with Gasteiger partial charge in [0.05, 0.1) is 18.0 Å². The molecular weight excluding hydrogens is 592 g/mol. The van der Waals surface area contributed by atoms with Crippen molar-refractivity contribution in [3.8, 4) is 0 Å². The summed E-state index contributed by atoms with van der Waals surface area (Å²) in [6.07, 6.45) is 6.88. The molecule has 0 spiro atoms. The minimum absolute atomic E-state index is 0.00870. The molecule has 0 aromatic carbocycles. The Hall–Kier alpha value is -1.75. The highest BCUT2D eigenvalue weighted by Gasteiger charge is 2.70. The van der Waals surface area contributed by atoms with Crippen LogP contribution in [0.25, 0.3) is 0 Å². The van der Waals surface area contributed by atoms with E-state index in [-0.39, 0.29) is 45.9 Å². The number of hydrazine groups is 1. The van der Waals surface area contributed by atoms with Crippen molar-refractivity contribution in [1.82, 2.24) is 10.3 Å². The summed E-state index contributed by atoms with van der Waals surface area (Å²) in [5, 5.41) is 22.9. The fourth-order valence-corrected chi connectivity index (χ4v) is 11.4. The highest BCUT2D eigenvalue weighted by Crippen LogP contribution is 2.74. The number of aliphatic hydroxyl groups is 2. The quantitative estimate of drug-likeness (QED) is 0.108. The summed E-state index contributed by atoms with van der Waals surface area (Å²) >= 11 is 0. The van der Waals surface area contributed by atoms with Gasteiger partial charge >= 0.3 is 5.97 Å². The molecule has 4 aliphatic rings. The Morgan fingerprint density at radius 2 is 1.73 bits per heavy atom. The van der Waals surface area contributed by atoms with Crippen molar-refractivity contribution in [2.24, 2.45) is 39.9 Å². The Morgan fingerprint density at radius 3 is 2.36 bits per heavy atom. The van der Waals surface area contributed by atoms with Crippen LogP contribution < -0.4 is 10.3 Å². The first-order valence-corrected chi connectivity index (χ1v) is 18.8. The number of nitrogens with one attached hydrogen (secondary N) is 2. The number of sulfonamides is 1. The van der Waals surface area contributed by atoms with Gasteiger partial charge in [-0.15, -0.1) is 4.83 Å². The number of carbonyl (C=O) groups is 2. The molecule has 0 aromatic heterocycles. The van der Waals surface area contributed by atoms with Crippen LogP contribution >= 0.6 is 0 Å². The lowest BCUT2D eigenvalue weighted by atomic mass is 9.36. The summed E-state index contributed by atoms with van der Waals surface area (Å²) in [6.45, 7) is 16.3. The number of esters is 1. The van der Waals surface area contributed by atoms with Crippen molar-refractivity contribution >= 4 is 21.9 Å². The standard InChI is InChI=1S/C35H58N2O7S/c1-9-10-18-45(42,43)37-36-32(41)24(13-11-12-21(2)3)30-26-19-28(40)31-33(6)16-15-27(39)22(4)25(33)14-17-34(31,7)35(26,8)20-29(30)44-23(5)38/h12,22,25-29,31,37,39-40H,9-11,13-20H2,1-8H3,(H,36,41)/b30-24-/t22-,25-,26-,27+,28+,29-,31?,33-,34-,35-/m0/s1. The highest BCUT2D eigenvalue weighted by atomic mass is 32.2. The lowest BCUT2D eigenvalue weighted by Gasteiger charge is -2.69. The van der Waals surface area contributed by atoms with Crippen LogP contribution in [0.2, 0.25) is 0 Å².